The predicted octanol–water partition coefficient (Wildman–Crippen LogP) is 6.29. The van der Waals surface area contributed by atoms with E-state index in [1.54, 1.807) is 6.07 Å². The molecular formula is C34H33ClN2O5S. The molecule has 43 heavy (non-hydrogen) atoms. The summed E-state index contributed by atoms with van der Waals surface area (Å²) in [7, 11) is -4.04. The number of aryl methyl sites for hydroxylation is 2. The molecule has 4 aromatic carbocycles. The normalized spacial score (nSPS) is 12.7. The molecule has 0 atom stereocenters. The Morgan fingerprint density at radius 2 is 1.60 bits per heavy atom. The van der Waals surface area contributed by atoms with Crippen molar-refractivity contribution in [3.8, 4) is 5.75 Å². The van der Waals surface area contributed by atoms with Gasteiger partial charge in [-0.3, -0.25) is 9.59 Å². The first kappa shape index (κ1) is 30.3. The molecule has 0 aliphatic heterocycles. The number of fused-ring (bicyclic) bond motifs is 2. The van der Waals surface area contributed by atoms with E-state index in [1.165, 1.54) is 12.1 Å². The number of halogens is 1. The zero-order valence-corrected chi connectivity index (χ0v) is 25.6. The third kappa shape index (κ3) is 7.09. The van der Waals surface area contributed by atoms with Crippen LogP contribution in [0.4, 0.5) is 0 Å². The minimum atomic E-state index is -4.04. The molecule has 0 saturated heterocycles. The van der Waals surface area contributed by atoms with Crippen LogP contribution < -0.4 is 14.8 Å². The molecule has 0 radical (unpaired) electrons. The lowest BCUT2D eigenvalue weighted by Crippen LogP contribution is -2.34. The lowest BCUT2D eigenvalue weighted by atomic mass is 10.0. The van der Waals surface area contributed by atoms with E-state index in [0.717, 1.165) is 49.4 Å². The molecule has 0 fully saturated rings. The van der Waals surface area contributed by atoms with Gasteiger partial charge in [0.25, 0.3) is 10.0 Å². The van der Waals surface area contributed by atoms with Gasteiger partial charge in [-0.05, 0) is 89.6 Å². The number of nitrogens with one attached hydrogen (secondary N) is 2. The van der Waals surface area contributed by atoms with Crippen LogP contribution in [0.1, 0.15) is 41.5 Å². The largest absolute Gasteiger partial charge is 0.494 e. The first-order valence-electron chi connectivity index (χ1n) is 14.1. The molecule has 0 heterocycles. The van der Waals surface area contributed by atoms with Gasteiger partial charge in [0.05, 0.1) is 11.5 Å². The molecule has 2 N–H and O–H groups in total. The number of amides is 2. The summed E-state index contributed by atoms with van der Waals surface area (Å²) in [5, 5.41) is 5.20. The van der Waals surface area contributed by atoms with Crippen molar-refractivity contribution < 1.29 is 22.7 Å². The van der Waals surface area contributed by atoms with E-state index in [4.69, 9.17) is 16.3 Å². The molecule has 4 aromatic rings. The third-order valence-corrected chi connectivity index (χ3v) is 9.48. The molecule has 2 amide bonds. The third-order valence-electron chi connectivity index (χ3n) is 7.51. The molecule has 5 rings (SSSR count). The van der Waals surface area contributed by atoms with E-state index in [2.05, 4.69) is 10.0 Å². The van der Waals surface area contributed by atoms with Crippen LogP contribution in [0.3, 0.4) is 0 Å². The molecule has 0 bridgehead atoms. The van der Waals surface area contributed by atoms with Crippen LogP contribution in [0, 0.1) is 13.8 Å². The topological polar surface area (TPSA) is 102 Å². The van der Waals surface area contributed by atoms with Gasteiger partial charge < -0.3 is 10.1 Å². The van der Waals surface area contributed by atoms with E-state index in [0.29, 0.717) is 31.4 Å². The van der Waals surface area contributed by atoms with Crippen molar-refractivity contribution >= 4 is 49.8 Å². The Bertz CT molecular complexity index is 1830. The predicted molar refractivity (Wildman–Crippen MR) is 170 cm³/mol. The van der Waals surface area contributed by atoms with Crippen LogP contribution in [-0.2, 0) is 26.0 Å². The second-order valence-corrected chi connectivity index (χ2v) is 12.7. The molecule has 222 valence electrons. The highest BCUT2D eigenvalue weighted by Crippen LogP contribution is 2.36. The van der Waals surface area contributed by atoms with Crippen LogP contribution >= 0.6 is 11.6 Å². The Kier molecular flexibility index (Phi) is 9.18. The summed E-state index contributed by atoms with van der Waals surface area (Å²) >= 11 is 6.27. The summed E-state index contributed by atoms with van der Waals surface area (Å²) in [6.45, 7) is 4.37. The van der Waals surface area contributed by atoms with E-state index < -0.39 is 15.9 Å². The van der Waals surface area contributed by atoms with Crippen molar-refractivity contribution in [2.75, 3.05) is 13.2 Å². The Hall–Kier alpha value is -4.14. The Labute approximate surface area is 257 Å². The number of hydrogen-bond donors (Lipinski definition) is 2. The fourth-order valence-electron chi connectivity index (χ4n) is 5.35. The molecule has 0 spiro atoms. The van der Waals surface area contributed by atoms with E-state index >= 15 is 0 Å². The lowest BCUT2D eigenvalue weighted by Gasteiger charge is -2.12. The van der Waals surface area contributed by atoms with E-state index in [1.807, 2.05) is 74.5 Å². The van der Waals surface area contributed by atoms with Crippen LogP contribution in [0.5, 0.6) is 5.75 Å². The van der Waals surface area contributed by atoms with Gasteiger partial charge in [0.15, 0.2) is 0 Å². The van der Waals surface area contributed by atoms with Gasteiger partial charge >= 0.3 is 0 Å². The molecule has 0 saturated carbocycles. The Morgan fingerprint density at radius 3 is 2.37 bits per heavy atom. The number of benzene rings is 4. The van der Waals surface area contributed by atoms with Gasteiger partial charge in [-0.25, -0.2) is 13.1 Å². The smallest absolute Gasteiger partial charge is 0.264 e. The van der Waals surface area contributed by atoms with Gasteiger partial charge in [-0.2, -0.15) is 0 Å². The van der Waals surface area contributed by atoms with Crippen molar-refractivity contribution in [1.82, 2.24) is 10.0 Å². The molecule has 1 aliphatic carbocycles. The van der Waals surface area contributed by atoms with Gasteiger partial charge in [-0.1, -0.05) is 66.2 Å². The fourth-order valence-corrected chi connectivity index (χ4v) is 6.51. The minimum absolute atomic E-state index is 0.00339. The number of hydrogen-bond acceptors (Lipinski definition) is 5. The molecule has 7 nitrogen and oxygen atoms in total. The van der Waals surface area contributed by atoms with Gasteiger partial charge in [0.2, 0.25) is 11.8 Å². The average molecular weight is 617 g/mol. The summed E-state index contributed by atoms with van der Waals surface area (Å²) in [5.41, 5.74) is 5.66. The number of sulfonamides is 1. The highest BCUT2D eigenvalue weighted by atomic mass is 35.5. The Morgan fingerprint density at radius 1 is 0.907 bits per heavy atom. The summed E-state index contributed by atoms with van der Waals surface area (Å²) < 4.78 is 33.6. The number of carbonyl (C=O) groups is 2. The molecular weight excluding hydrogens is 584 g/mol. The van der Waals surface area contributed by atoms with Gasteiger partial charge in [0, 0.05) is 30.0 Å². The highest BCUT2D eigenvalue weighted by Gasteiger charge is 2.26. The maximum Gasteiger partial charge on any atom is 0.264 e. The van der Waals surface area contributed by atoms with Crippen molar-refractivity contribution in [1.29, 1.82) is 0 Å². The monoisotopic (exact) mass is 616 g/mol. The maximum absolute atomic E-state index is 13.2. The highest BCUT2D eigenvalue weighted by molar-refractivity contribution is 7.90. The van der Waals surface area contributed by atoms with Gasteiger partial charge in [0.1, 0.15) is 5.75 Å². The average Bonchev–Trinajstić information content (AvgIpc) is 3.36. The van der Waals surface area contributed by atoms with Crippen molar-refractivity contribution in [2.24, 2.45) is 0 Å². The summed E-state index contributed by atoms with van der Waals surface area (Å²) in [5.74, 6) is -0.192. The minimum Gasteiger partial charge on any atom is -0.494 e. The summed E-state index contributed by atoms with van der Waals surface area (Å²) in [4.78, 5) is 25.8. The number of carbonyl (C=O) groups excluding carboxylic acids is 2. The number of allylic oxidation sites excluding steroid dienone is 1. The lowest BCUT2D eigenvalue weighted by molar-refractivity contribution is -0.119. The number of ether oxygens (including phenoxy) is 1. The first-order valence-corrected chi connectivity index (χ1v) is 16.0. The molecule has 9 heteroatoms. The molecule has 0 unspecified atom stereocenters. The SMILES string of the molecule is Cc1cc(OCCCC2=C(C(=O)NCCC(=O)NS(=O)(=O)c3ccc4ccccc4c3)Cc3ccccc32)cc(C)c1Cl. The van der Waals surface area contributed by atoms with Crippen molar-refractivity contribution in [2.45, 2.75) is 44.4 Å². The van der Waals surface area contributed by atoms with E-state index in [9.17, 15) is 18.0 Å². The zero-order chi connectivity index (χ0) is 30.6. The second-order valence-electron chi connectivity index (χ2n) is 10.7. The van der Waals surface area contributed by atoms with Crippen LogP contribution in [0.15, 0.2) is 89.3 Å². The molecule has 0 aromatic heterocycles. The van der Waals surface area contributed by atoms with Crippen molar-refractivity contribution in [3.05, 3.63) is 112 Å². The Balaban J connectivity index is 1.17. The maximum atomic E-state index is 13.2. The van der Waals surface area contributed by atoms with Gasteiger partial charge in [-0.15, -0.1) is 0 Å². The first-order chi connectivity index (χ1) is 20.6. The van der Waals surface area contributed by atoms with E-state index in [-0.39, 0.29) is 23.8 Å². The standard InChI is InChI=1S/C34H33ClN2O5S/c1-22-18-27(19-23(2)33(22)35)42-17-7-12-30-29-11-6-5-10-26(29)21-31(30)34(39)36-16-15-32(38)37-43(40,41)28-14-13-24-8-3-4-9-25(24)20-28/h3-6,8-11,13-14,18-20H,7,12,15-17,21H2,1-2H3,(H,36,39)(H,37,38). The second kappa shape index (κ2) is 13.0. The zero-order valence-electron chi connectivity index (χ0n) is 24.1. The fraction of sp³-hybridized carbons (Fsp3) is 0.235. The quantitative estimate of drug-likeness (QED) is 0.193. The van der Waals surface area contributed by atoms with Crippen LogP contribution in [0.2, 0.25) is 5.02 Å². The summed E-state index contributed by atoms with van der Waals surface area (Å²) in [6.07, 6.45) is 1.67. The van der Waals surface area contributed by atoms with Crippen molar-refractivity contribution in [3.63, 3.8) is 0 Å². The molecule has 1 aliphatic rings. The number of rotatable bonds is 11. The van der Waals surface area contributed by atoms with Crippen LogP contribution in [-0.4, -0.2) is 33.4 Å². The summed E-state index contributed by atoms with van der Waals surface area (Å²) in [6, 6.07) is 23.8. The van der Waals surface area contributed by atoms with Crippen LogP contribution in [0.25, 0.3) is 16.3 Å².